The van der Waals surface area contributed by atoms with E-state index in [0.29, 0.717) is 6.42 Å². The van der Waals surface area contributed by atoms with Crippen molar-refractivity contribution in [3.05, 3.63) is 41.3 Å². The van der Waals surface area contributed by atoms with Crippen molar-refractivity contribution in [3.63, 3.8) is 0 Å². The SMILES string of the molecule is CCc1nc(-c2cccc(C(F)(F)F)c2)oc1C(=O)O. The highest BCUT2D eigenvalue weighted by Gasteiger charge is 2.31. The molecule has 0 fully saturated rings. The quantitative estimate of drug-likeness (QED) is 0.935. The van der Waals surface area contributed by atoms with Crippen molar-refractivity contribution in [1.82, 2.24) is 4.98 Å². The third-order valence-electron chi connectivity index (χ3n) is 2.66. The number of alkyl halides is 3. The van der Waals surface area contributed by atoms with E-state index in [1.54, 1.807) is 6.92 Å². The van der Waals surface area contributed by atoms with Crippen LogP contribution in [-0.4, -0.2) is 16.1 Å². The summed E-state index contributed by atoms with van der Waals surface area (Å²) in [6.45, 7) is 1.68. The van der Waals surface area contributed by atoms with E-state index in [2.05, 4.69) is 4.98 Å². The number of nitrogens with zero attached hydrogens (tertiary/aromatic N) is 1. The number of aryl methyl sites for hydroxylation is 1. The number of carbonyl (C=O) groups is 1. The molecule has 2 aromatic rings. The fourth-order valence-corrected chi connectivity index (χ4v) is 1.71. The molecule has 0 amide bonds. The summed E-state index contributed by atoms with van der Waals surface area (Å²) in [5.41, 5.74) is -0.560. The molecule has 0 spiro atoms. The zero-order valence-electron chi connectivity index (χ0n) is 10.4. The van der Waals surface area contributed by atoms with Crippen molar-refractivity contribution in [2.75, 3.05) is 0 Å². The summed E-state index contributed by atoms with van der Waals surface area (Å²) >= 11 is 0. The van der Waals surface area contributed by atoms with Crippen molar-refractivity contribution >= 4 is 5.97 Å². The van der Waals surface area contributed by atoms with Crippen molar-refractivity contribution < 1.29 is 27.5 Å². The molecule has 20 heavy (non-hydrogen) atoms. The molecule has 1 heterocycles. The Morgan fingerprint density at radius 2 is 2.10 bits per heavy atom. The molecule has 0 bridgehead atoms. The number of rotatable bonds is 3. The van der Waals surface area contributed by atoms with Crippen LogP contribution in [0.5, 0.6) is 0 Å². The number of carboxylic acid groups (broad SMARTS) is 1. The molecular weight excluding hydrogens is 275 g/mol. The zero-order chi connectivity index (χ0) is 14.9. The van der Waals surface area contributed by atoms with Gasteiger partial charge in [0.2, 0.25) is 11.7 Å². The molecule has 0 aliphatic rings. The maximum absolute atomic E-state index is 12.6. The monoisotopic (exact) mass is 285 g/mol. The first-order valence-electron chi connectivity index (χ1n) is 5.73. The summed E-state index contributed by atoms with van der Waals surface area (Å²) in [7, 11) is 0. The fraction of sp³-hybridized carbons (Fsp3) is 0.231. The lowest BCUT2D eigenvalue weighted by molar-refractivity contribution is -0.137. The maximum atomic E-state index is 12.6. The smallest absolute Gasteiger partial charge is 0.416 e. The first kappa shape index (κ1) is 14.1. The molecule has 0 saturated carbocycles. The van der Waals surface area contributed by atoms with Crippen LogP contribution in [-0.2, 0) is 12.6 Å². The van der Waals surface area contributed by atoms with E-state index >= 15 is 0 Å². The van der Waals surface area contributed by atoms with Gasteiger partial charge in [0.15, 0.2) is 0 Å². The Labute approximate surface area is 111 Å². The number of carboxylic acids is 1. The van der Waals surface area contributed by atoms with Gasteiger partial charge in [-0.05, 0) is 24.6 Å². The molecule has 0 aliphatic carbocycles. The van der Waals surface area contributed by atoms with Crippen molar-refractivity contribution in [1.29, 1.82) is 0 Å². The molecule has 0 saturated heterocycles. The number of halogens is 3. The lowest BCUT2D eigenvalue weighted by Crippen LogP contribution is -2.04. The zero-order valence-corrected chi connectivity index (χ0v) is 10.4. The van der Waals surface area contributed by atoms with Gasteiger partial charge in [0, 0.05) is 5.56 Å². The highest BCUT2D eigenvalue weighted by atomic mass is 19.4. The van der Waals surface area contributed by atoms with E-state index < -0.39 is 17.7 Å². The standard InChI is InChI=1S/C13H10F3NO3/c1-2-9-10(12(18)19)20-11(17-9)7-4-3-5-8(6-7)13(14,15)16/h3-6H,2H2,1H3,(H,18,19). The molecule has 2 rings (SSSR count). The first-order valence-corrected chi connectivity index (χ1v) is 5.73. The minimum absolute atomic E-state index is 0.0852. The minimum Gasteiger partial charge on any atom is -0.475 e. The lowest BCUT2D eigenvalue weighted by atomic mass is 10.1. The Bertz CT molecular complexity index is 647. The van der Waals surface area contributed by atoms with Gasteiger partial charge in [0.05, 0.1) is 11.3 Å². The maximum Gasteiger partial charge on any atom is 0.416 e. The van der Waals surface area contributed by atoms with Crippen molar-refractivity contribution in [2.45, 2.75) is 19.5 Å². The summed E-state index contributed by atoms with van der Waals surface area (Å²) in [5.74, 6) is -1.78. The van der Waals surface area contributed by atoms with Gasteiger partial charge < -0.3 is 9.52 Å². The van der Waals surface area contributed by atoms with Crippen LogP contribution in [0, 0.1) is 0 Å². The summed E-state index contributed by atoms with van der Waals surface area (Å²) in [6, 6.07) is 4.39. The van der Waals surface area contributed by atoms with Gasteiger partial charge in [-0.3, -0.25) is 0 Å². The van der Waals surface area contributed by atoms with Crippen molar-refractivity contribution in [3.8, 4) is 11.5 Å². The molecule has 106 valence electrons. The predicted molar refractivity (Wildman–Crippen MR) is 63.3 cm³/mol. The van der Waals surface area contributed by atoms with Crippen LogP contribution in [0.1, 0.15) is 28.7 Å². The fourth-order valence-electron chi connectivity index (χ4n) is 1.71. The van der Waals surface area contributed by atoms with Crippen LogP contribution in [0.3, 0.4) is 0 Å². The minimum atomic E-state index is -4.48. The van der Waals surface area contributed by atoms with Crippen LogP contribution < -0.4 is 0 Å². The predicted octanol–water partition coefficient (Wildman–Crippen LogP) is 3.62. The second kappa shape index (κ2) is 4.99. The molecule has 0 atom stereocenters. The average molecular weight is 285 g/mol. The van der Waals surface area contributed by atoms with Gasteiger partial charge in [0.25, 0.3) is 0 Å². The molecule has 4 nitrogen and oxygen atoms in total. The third kappa shape index (κ3) is 2.66. The molecule has 1 aromatic carbocycles. The second-order valence-electron chi connectivity index (χ2n) is 4.03. The normalized spacial score (nSPS) is 11.6. The van der Waals surface area contributed by atoms with E-state index in [1.165, 1.54) is 12.1 Å². The van der Waals surface area contributed by atoms with Crippen LogP contribution >= 0.6 is 0 Å². The van der Waals surface area contributed by atoms with Gasteiger partial charge in [-0.2, -0.15) is 13.2 Å². The van der Waals surface area contributed by atoms with Crippen LogP contribution in [0.25, 0.3) is 11.5 Å². The Kier molecular flexibility index (Phi) is 3.52. The third-order valence-corrected chi connectivity index (χ3v) is 2.66. The van der Waals surface area contributed by atoms with Crippen LogP contribution in [0.4, 0.5) is 13.2 Å². The summed E-state index contributed by atoms with van der Waals surface area (Å²) in [6.07, 6.45) is -4.17. The highest BCUT2D eigenvalue weighted by Crippen LogP contribution is 2.32. The molecule has 0 unspecified atom stereocenters. The molecular formula is C13H10F3NO3. The first-order chi connectivity index (χ1) is 9.32. The van der Waals surface area contributed by atoms with Gasteiger partial charge in [-0.15, -0.1) is 0 Å². The van der Waals surface area contributed by atoms with E-state index in [-0.39, 0.29) is 22.9 Å². The van der Waals surface area contributed by atoms with Gasteiger partial charge >= 0.3 is 12.1 Å². The van der Waals surface area contributed by atoms with E-state index in [9.17, 15) is 18.0 Å². The van der Waals surface area contributed by atoms with Crippen molar-refractivity contribution in [2.24, 2.45) is 0 Å². The van der Waals surface area contributed by atoms with E-state index in [0.717, 1.165) is 12.1 Å². The van der Waals surface area contributed by atoms with Crippen LogP contribution in [0.2, 0.25) is 0 Å². The van der Waals surface area contributed by atoms with E-state index in [4.69, 9.17) is 9.52 Å². The Morgan fingerprint density at radius 1 is 1.40 bits per heavy atom. The van der Waals surface area contributed by atoms with Gasteiger partial charge in [-0.25, -0.2) is 9.78 Å². The number of oxazole rings is 1. The van der Waals surface area contributed by atoms with Gasteiger partial charge in [-0.1, -0.05) is 13.0 Å². The average Bonchev–Trinajstić information content (AvgIpc) is 2.82. The van der Waals surface area contributed by atoms with E-state index in [1.807, 2.05) is 0 Å². The molecule has 7 heteroatoms. The summed E-state index contributed by atoms with van der Waals surface area (Å²) in [5, 5.41) is 8.93. The van der Waals surface area contributed by atoms with Crippen LogP contribution in [0.15, 0.2) is 28.7 Å². The Hall–Kier alpha value is -2.31. The number of hydrogen-bond acceptors (Lipinski definition) is 3. The van der Waals surface area contributed by atoms with Gasteiger partial charge in [0.1, 0.15) is 0 Å². The number of aromatic carboxylic acids is 1. The summed E-state index contributed by atoms with van der Waals surface area (Å²) in [4.78, 5) is 14.9. The Balaban J connectivity index is 2.49. The molecule has 0 aliphatic heterocycles. The molecule has 1 N–H and O–H groups in total. The Morgan fingerprint density at radius 3 is 2.60 bits per heavy atom. The number of hydrogen-bond donors (Lipinski definition) is 1. The number of benzene rings is 1. The summed E-state index contributed by atoms with van der Waals surface area (Å²) < 4.78 is 42.9. The largest absolute Gasteiger partial charge is 0.475 e. The second-order valence-corrected chi connectivity index (χ2v) is 4.03. The lowest BCUT2D eigenvalue weighted by Gasteiger charge is -2.06. The molecule has 1 aromatic heterocycles. The number of aromatic nitrogens is 1. The topological polar surface area (TPSA) is 63.3 Å². The molecule has 0 radical (unpaired) electrons. The highest BCUT2D eigenvalue weighted by molar-refractivity contribution is 5.86.